The number of primary amides is 1. The highest BCUT2D eigenvalue weighted by molar-refractivity contribution is 6.30. The van der Waals surface area contributed by atoms with Crippen molar-refractivity contribution in [1.29, 1.82) is 0 Å². The maximum atomic E-state index is 14.4. The SMILES string of the molecule is CN(C)[C@H](CNC(=O)C[C@H](c1ncc(Cl)cn1)C1(C(F)(F)F)CC1)Cc1cc(F)c(C(N)=O)cc1F. The lowest BCUT2D eigenvalue weighted by molar-refractivity contribution is -0.195. The van der Waals surface area contributed by atoms with Crippen molar-refractivity contribution < 1.29 is 31.5 Å². The summed E-state index contributed by atoms with van der Waals surface area (Å²) in [7, 11) is 3.30. The fourth-order valence-electron chi connectivity index (χ4n) is 4.11. The van der Waals surface area contributed by atoms with Crippen molar-refractivity contribution in [3.05, 3.63) is 58.1 Å². The van der Waals surface area contributed by atoms with Crippen LogP contribution in [0.4, 0.5) is 22.0 Å². The third-order valence-electron chi connectivity index (χ3n) is 6.48. The van der Waals surface area contributed by atoms with E-state index in [4.69, 9.17) is 17.3 Å². The van der Waals surface area contributed by atoms with E-state index in [0.29, 0.717) is 6.07 Å². The minimum absolute atomic E-state index is 0.0492. The van der Waals surface area contributed by atoms with E-state index in [9.17, 15) is 31.5 Å². The molecule has 2 amide bonds. The Bertz CT molecular complexity index is 1120. The molecule has 3 rings (SSSR count). The first-order valence-electron chi connectivity index (χ1n) is 11.0. The Balaban J connectivity index is 1.73. The van der Waals surface area contributed by atoms with Gasteiger partial charge in [0.1, 0.15) is 17.5 Å². The average molecular weight is 534 g/mol. The lowest BCUT2D eigenvalue weighted by Crippen LogP contribution is -2.43. The van der Waals surface area contributed by atoms with Gasteiger partial charge in [-0.3, -0.25) is 9.59 Å². The predicted octanol–water partition coefficient (Wildman–Crippen LogP) is 3.61. The minimum Gasteiger partial charge on any atom is -0.366 e. The summed E-state index contributed by atoms with van der Waals surface area (Å²) in [5.41, 5.74) is 2.30. The van der Waals surface area contributed by atoms with Gasteiger partial charge in [-0.25, -0.2) is 18.7 Å². The third-order valence-corrected chi connectivity index (χ3v) is 6.68. The van der Waals surface area contributed by atoms with Gasteiger partial charge in [0, 0.05) is 37.3 Å². The van der Waals surface area contributed by atoms with Gasteiger partial charge in [-0.1, -0.05) is 11.6 Å². The van der Waals surface area contributed by atoms with Crippen molar-refractivity contribution in [1.82, 2.24) is 20.2 Å². The maximum Gasteiger partial charge on any atom is 0.395 e. The number of halogens is 6. The molecule has 13 heteroatoms. The zero-order valence-corrected chi connectivity index (χ0v) is 20.3. The zero-order valence-electron chi connectivity index (χ0n) is 19.5. The molecule has 1 aliphatic rings. The van der Waals surface area contributed by atoms with E-state index >= 15 is 0 Å². The average Bonchev–Trinajstić information content (AvgIpc) is 3.59. The van der Waals surface area contributed by atoms with Gasteiger partial charge in [-0.05, 0) is 51.1 Å². The molecule has 2 aromatic rings. The van der Waals surface area contributed by atoms with Crippen LogP contribution in [-0.4, -0.2) is 59.5 Å². The van der Waals surface area contributed by atoms with E-state index in [1.165, 1.54) is 12.4 Å². The molecule has 1 aromatic heterocycles. The zero-order chi connectivity index (χ0) is 26.8. The summed E-state index contributed by atoms with van der Waals surface area (Å²) in [5, 5.41) is 2.74. The maximum absolute atomic E-state index is 14.4. The van der Waals surface area contributed by atoms with Gasteiger partial charge >= 0.3 is 6.18 Å². The molecular weight excluding hydrogens is 509 g/mol. The van der Waals surface area contributed by atoms with Crippen molar-refractivity contribution in [2.24, 2.45) is 11.1 Å². The Kier molecular flexibility index (Phi) is 8.19. The highest BCUT2D eigenvalue weighted by atomic mass is 35.5. The van der Waals surface area contributed by atoms with Crippen LogP contribution >= 0.6 is 11.6 Å². The van der Waals surface area contributed by atoms with Crippen molar-refractivity contribution in [3.63, 3.8) is 0 Å². The second kappa shape index (κ2) is 10.6. The molecule has 1 heterocycles. The molecule has 0 aliphatic heterocycles. The Hall–Kier alpha value is -2.86. The number of hydrogen-bond donors (Lipinski definition) is 2. The first-order chi connectivity index (χ1) is 16.7. The van der Waals surface area contributed by atoms with Gasteiger partial charge in [0.05, 0.1) is 16.0 Å². The number of carbonyl (C=O) groups excluding carboxylic acids is 2. The van der Waals surface area contributed by atoms with Gasteiger partial charge < -0.3 is 16.0 Å². The number of alkyl halides is 3. The molecular formula is C23H25ClF5N5O2. The number of carbonyl (C=O) groups is 2. The second-order valence-corrected chi connectivity index (χ2v) is 9.52. The lowest BCUT2D eigenvalue weighted by Gasteiger charge is -2.29. The molecule has 7 nitrogen and oxygen atoms in total. The number of nitrogens with two attached hydrogens (primary N) is 1. The number of aromatic nitrogens is 2. The molecule has 36 heavy (non-hydrogen) atoms. The van der Waals surface area contributed by atoms with Crippen LogP contribution in [0.2, 0.25) is 5.02 Å². The van der Waals surface area contributed by atoms with Crippen molar-refractivity contribution in [2.75, 3.05) is 20.6 Å². The highest BCUT2D eigenvalue weighted by Gasteiger charge is 2.68. The van der Waals surface area contributed by atoms with Gasteiger partial charge in [-0.15, -0.1) is 0 Å². The van der Waals surface area contributed by atoms with Crippen LogP contribution < -0.4 is 11.1 Å². The van der Waals surface area contributed by atoms with Gasteiger partial charge in [0.15, 0.2) is 0 Å². The minimum atomic E-state index is -4.55. The summed E-state index contributed by atoms with van der Waals surface area (Å²) < 4.78 is 70.1. The van der Waals surface area contributed by atoms with E-state index in [1.807, 2.05) is 0 Å². The molecule has 3 N–H and O–H groups in total. The molecule has 0 spiro atoms. The summed E-state index contributed by atoms with van der Waals surface area (Å²) in [6.45, 7) is -0.0579. The predicted molar refractivity (Wildman–Crippen MR) is 121 cm³/mol. The molecule has 0 bridgehead atoms. The number of likely N-dealkylation sites (N-methyl/N-ethyl adjacent to an activating group) is 1. The lowest BCUT2D eigenvalue weighted by atomic mass is 9.84. The van der Waals surface area contributed by atoms with E-state index in [1.54, 1.807) is 19.0 Å². The van der Waals surface area contributed by atoms with E-state index in [-0.39, 0.29) is 42.2 Å². The number of nitrogens with zero attached hydrogens (tertiary/aromatic N) is 3. The second-order valence-electron chi connectivity index (χ2n) is 9.08. The van der Waals surface area contributed by atoms with Gasteiger partial charge in [-0.2, -0.15) is 13.2 Å². The van der Waals surface area contributed by atoms with Crippen LogP contribution in [0.5, 0.6) is 0 Å². The number of benzene rings is 1. The van der Waals surface area contributed by atoms with Gasteiger partial charge in [0.2, 0.25) is 5.91 Å². The first-order valence-corrected chi connectivity index (χ1v) is 11.4. The molecule has 1 aliphatic carbocycles. The molecule has 1 aromatic carbocycles. The molecule has 2 atom stereocenters. The van der Waals surface area contributed by atoms with Crippen LogP contribution in [0.1, 0.15) is 46.9 Å². The molecule has 0 radical (unpaired) electrons. The van der Waals surface area contributed by atoms with Gasteiger partial charge in [0.25, 0.3) is 5.91 Å². The number of rotatable bonds is 10. The van der Waals surface area contributed by atoms with E-state index in [2.05, 4.69) is 15.3 Å². The van der Waals surface area contributed by atoms with Crippen molar-refractivity contribution >= 4 is 23.4 Å². The largest absolute Gasteiger partial charge is 0.395 e. The molecule has 1 saturated carbocycles. The third kappa shape index (κ3) is 6.09. The van der Waals surface area contributed by atoms with Crippen LogP contribution in [0, 0.1) is 17.0 Å². The summed E-state index contributed by atoms with van der Waals surface area (Å²) in [6.07, 6.45) is -3.05. The number of nitrogens with one attached hydrogen (secondary N) is 1. The molecule has 0 unspecified atom stereocenters. The van der Waals surface area contributed by atoms with Crippen LogP contribution in [0.25, 0.3) is 0 Å². The van der Waals surface area contributed by atoms with Crippen LogP contribution in [-0.2, 0) is 11.2 Å². The van der Waals surface area contributed by atoms with Crippen LogP contribution in [0.3, 0.4) is 0 Å². The number of hydrogen-bond acceptors (Lipinski definition) is 5. The Labute approximate surface area is 209 Å². The highest BCUT2D eigenvalue weighted by Crippen LogP contribution is 2.65. The van der Waals surface area contributed by atoms with E-state index < -0.39 is 59.0 Å². The first kappa shape index (κ1) is 27.7. The Morgan fingerprint density at radius 1 is 1.17 bits per heavy atom. The molecule has 0 saturated heterocycles. The Morgan fingerprint density at radius 3 is 2.28 bits per heavy atom. The van der Waals surface area contributed by atoms with E-state index in [0.717, 1.165) is 6.07 Å². The Morgan fingerprint density at radius 2 is 1.78 bits per heavy atom. The summed E-state index contributed by atoms with van der Waals surface area (Å²) in [6, 6.07) is 1.04. The fourth-order valence-corrected chi connectivity index (χ4v) is 4.21. The standard InChI is InChI=1S/C23H25ClF5N5O2/c1-34(2)14(5-12-6-18(26)15(20(30)36)7-17(12)25)11-31-19(35)8-16(21-32-9-13(24)10-33-21)22(3-4-22)23(27,28)29/h6-7,9-10,14,16H,3-5,8,11H2,1-2H3,(H2,30,36)(H,31,35)/t14-,16+/m0/s1. The summed E-state index contributed by atoms with van der Waals surface area (Å²) in [4.78, 5) is 33.5. The topological polar surface area (TPSA) is 101 Å². The smallest absolute Gasteiger partial charge is 0.366 e. The molecule has 196 valence electrons. The fraction of sp³-hybridized carbons (Fsp3) is 0.478. The number of amides is 2. The molecule has 1 fully saturated rings. The monoisotopic (exact) mass is 533 g/mol. The summed E-state index contributed by atoms with van der Waals surface area (Å²) in [5.74, 6) is -5.03. The van der Waals surface area contributed by atoms with Crippen LogP contribution in [0.15, 0.2) is 24.5 Å². The van der Waals surface area contributed by atoms with Crippen molar-refractivity contribution in [3.8, 4) is 0 Å². The quantitative estimate of drug-likeness (QED) is 0.454. The van der Waals surface area contributed by atoms with Crippen molar-refractivity contribution in [2.45, 2.75) is 43.8 Å². The summed E-state index contributed by atoms with van der Waals surface area (Å²) >= 11 is 5.76. The normalized spacial score (nSPS) is 16.5.